The average molecular weight is 489 g/mol. The van der Waals surface area contributed by atoms with E-state index in [-0.39, 0.29) is 17.4 Å². The lowest BCUT2D eigenvalue weighted by Crippen LogP contribution is -2.20. The monoisotopic (exact) mass is 488 g/mol. The second-order valence-electron chi connectivity index (χ2n) is 6.45. The highest BCUT2D eigenvalue weighted by Crippen LogP contribution is 2.26. The smallest absolute Gasteiger partial charge is 0.262 e. The van der Waals surface area contributed by atoms with Gasteiger partial charge in [-0.05, 0) is 76.4 Å². The summed E-state index contributed by atoms with van der Waals surface area (Å²) in [6, 6.07) is 20.3. The van der Waals surface area contributed by atoms with Crippen LogP contribution in [0, 0.1) is 0 Å². The quantitative estimate of drug-likeness (QED) is 0.475. The summed E-state index contributed by atoms with van der Waals surface area (Å²) >= 11 is 3.44. The van der Waals surface area contributed by atoms with Crippen LogP contribution in [0.4, 0.5) is 11.4 Å². The Morgan fingerprint density at radius 1 is 0.967 bits per heavy atom. The van der Waals surface area contributed by atoms with Crippen molar-refractivity contribution >= 4 is 43.2 Å². The third-order valence-corrected chi connectivity index (χ3v) is 6.25. The number of ether oxygens (including phenoxy) is 1. The highest BCUT2D eigenvalue weighted by Gasteiger charge is 2.14. The minimum absolute atomic E-state index is 0.0977. The van der Waals surface area contributed by atoms with Crippen LogP contribution in [0.25, 0.3) is 0 Å². The Balaban J connectivity index is 1.58. The molecule has 0 aliphatic rings. The number of rotatable bonds is 8. The number of benzene rings is 3. The van der Waals surface area contributed by atoms with E-state index in [1.807, 2.05) is 18.2 Å². The standard InChI is InChI=1S/C22H21BrN2O4S/c1-2-16-8-13-21(20(23)14-16)29-15-22(26)24-17-9-11-19(12-10-17)30(27,28)25-18-6-4-3-5-7-18/h3-14,25H,2,15H2,1H3,(H,24,26). The summed E-state index contributed by atoms with van der Waals surface area (Å²) in [5, 5.41) is 2.69. The van der Waals surface area contributed by atoms with Gasteiger partial charge in [-0.1, -0.05) is 31.2 Å². The summed E-state index contributed by atoms with van der Waals surface area (Å²) in [7, 11) is -3.71. The van der Waals surface area contributed by atoms with Gasteiger partial charge in [-0.2, -0.15) is 0 Å². The molecule has 0 unspecified atom stereocenters. The number of hydrogen-bond donors (Lipinski definition) is 2. The van der Waals surface area contributed by atoms with Crippen LogP contribution in [-0.2, 0) is 21.2 Å². The Hall–Kier alpha value is -2.84. The molecule has 3 rings (SSSR count). The molecule has 0 aromatic heterocycles. The summed E-state index contributed by atoms with van der Waals surface area (Å²) in [6.07, 6.45) is 0.909. The van der Waals surface area contributed by atoms with Gasteiger partial charge in [0.15, 0.2) is 6.61 Å². The van der Waals surface area contributed by atoms with E-state index in [9.17, 15) is 13.2 Å². The predicted octanol–water partition coefficient (Wildman–Crippen LogP) is 4.83. The molecule has 2 N–H and O–H groups in total. The van der Waals surface area contributed by atoms with Gasteiger partial charge < -0.3 is 10.1 Å². The zero-order valence-corrected chi connectivity index (χ0v) is 18.7. The van der Waals surface area contributed by atoms with E-state index in [1.165, 1.54) is 24.3 Å². The van der Waals surface area contributed by atoms with Gasteiger partial charge in [0.25, 0.3) is 15.9 Å². The first kappa shape index (κ1) is 21.9. The van der Waals surface area contributed by atoms with Crippen molar-refractivity contribution in [2.45, 2.75) is 18.2 Å². The molecule has 0 aliphatic heterocycles. The van der Waals surface area contributed by atoms with Crippen molar-refractivity contribution in [1.82, 2.24) is 0 Å². The molecule has 0 radical (unpaired) electrons. The van der Waals surface area contributed by atoms with Crippen molar-refractivity contribution in [3.05, 3.63) is 82.8 Å². The Bertz CT molecular complexity index is 1120. The molecule has 8 heteroatoms. The summed E-state index contributed by atoms with van der Waals surface area (Å²) in [4.78, 5) is 12.3. The topological polar surface area (TPSA) is 84.5 Å². The van der Waals surface area contributed by atoms with E-state index in [0.29, 0.717) is 17.1 Å². The van der Waals surface area contributed by atoms with E-state index in [4.69, 9.17) is 4.74 Å². The fraction of sp³-hybridized carbons (Fsp3) is 0.136. The average Bonchev–Trinajstić information content (AvgIpc) is 2.73. The first-order valence-corrected chi connectivity index (χ1v) is 11.5. The van der Waals surface area contributed by atoms with Crippen LogP contribution in [-0.4, -0.2) is 20.9 Å². The van der Waals surface area contributed by atoms with Crippen LogP contribution >= 0.6 is 15.9 Å². The van der Waals surface area contributed by atoms with Crippen LogP contribution in [0.15, 0.2) is 82.2 Å². The number of nitrogens with one attached hydrogen (secondary N) is 2. The molecule has 156 valence electrons. The van der Waals surface area contributed by atoms with Gasteiger partial charge in [-0.25, -0.2) is 8.42 Å². The summed E-state index contributed by atoms with van der Waals surface area (Å²) in [5.74, 6) is 0.232. The third kappa shape index (κ3) is 5.84. The summed E-state index contributed by atoms with van der Waals surface area (Å²) < 4.78 is 33.7. The zero-order chi connectivity index (χ0) is 21.6. The molecular formula is C22H21BrN2O4S. The number of halogens is 1. The van der Waals surface area contributed by atoms with Gasteiger partial charge in [0.2, 0.25) is 0 Å². The predicted molar refractivity (Wildman–Crippen MR) is 121 cm³/mol. The number of hydrogen-bond acceptors (Lipinski definition) is 4. The first-order chi connectivity index (χ1) is 14.4. The molecule has 0 atom stereocenters. The summed E-state index contributed by atoms with van der Waals surface area (Å²) in [6.45, 7) is 1.89. The van der Waals surface area contributed by atoms with Crippen molar-refractivity contribution in [3.8, 4) is 5.75 Å². The number of carbonyl (C=O) groups is 1. The van der Waals surface area contributed by atoms with Crippen molar-refractivity contribution in [3.63, 3.8) is 0 Å². The molecule has 3 aromatic rings. The number of para-hydroxylation sites is 1. The second-order valence-corrected chi connectivity index (χ2v) is 8.99. The Morgan fingerprint density at radius 2 is 1.67 bits per heavy atom. The van der Waals surface area contributed by atoms with Crippen molar-refractivity contribution < 1.29 is 17.9 Å². The van der Waals surface area contributed by atoms with Crippen LogP contribution in [0.5, 0.6) is 5.75 Å². The van der Waals surface area contributed by atoms with E-state index < -0.39 is 10.0 Å². The first-order valence-electron chi connectivity index (χ1n) is 9.26. The molecule has 0 fully saturated rings. The summed E-state index contributed by atoms with van der Waals surface area (Å²) in [5.41, 5.74) is 2.11. The molecule has 3 aromatic carbocycles. The minimum Gasteiger partial charge on any atom is -0.483 e. The van der Waals surface area contributed by atoms with Gasteiger partial charge in [0, 0.05) is 11.4 Å². The molecule has 0 aliphatic carbocycles. The molecule has 0 heterocycles. The van der Waals surface area contributed by atoms with Crippen LogP contribution < -0.4 is 14.8 Å². The molecular weight excluding hydrogens is 468 g/mol. The molecule has 0 saturated carbocycles. The lowest BCUT2D eigenvalue weighted by atomic mass is 10.2. The SMILES string of the molecule is CCc1ccc(OCC(=O)Nc2ccc(S(=O)(=O)Nc3ccccc3)cc2)c(Br)c1. The number of carbonyl (C=O) groups excluding carboxylic acids is 1. The van der Waals surface area contributed by atoms with Gasteiger partial charge in [0.1, 0.15) is 5.75 Å². The number of sulfonamides is 1. The number of amides is 1. The minimum atomic E-state index is -3.71. The maximum Gasteiger partial charge on any atom is 0.262 e. The maximum absolute atomic E-state index is 12.4. The third-order valence-electron chi connectivity index (χ3n) is 4.24. The highest BCUT2D eigenvalue weighted by atomic mass is 79.9. The van der Waals surface area contributed by atoms with Crippen molar-refractivity contribution in [2.24, 2.45) is 0 Å². The molecule has 0 saturated heterocycles. The van der Waals surface area contributed by atoms with Gasteiger partial charge in [0.05, 0.1) is 9.37 Å². The maximum atomic E-state index is 12.4. The van der Waals surface area contributed by atoms with Crippen molar-refractivity contribution in [2.75, 3.05) is 16.6 Å². The molecule has 0 bridgehead atoms. The van der Waals surface area contributed by atoms with E-state index in [0.717, 1.165) is 16.5 Å². The Labute approximate surface area is 184 Å². The van der Waals surface area contributed by atoms with E-state index >= 15 is 0 Å². The van der Waals surface area contributed by atoms with Crippen LogP contribution in [0.3, 0.4) is 0 Å². The Morgan fingerprint density at radius 3 is 2.30 bits per heavy atom. The van der Waals surface area contributed by atoms with Crippen LogP contribution in [0.1, 0.15) is 12.5 Å². The largest absolute Gasteiger partial charge is 0.483 e. The van der Waals surface area contributed by atoms with Crippen molar-refractivity contribution in [1.29, 1.82) is 0 Å². The Kier molecular flexibility index (Phi) is 7.12. The fourth-order valence-corrected chi connectivity index (χ4v) is 4.26. The van der Waals surface area contributed by atoms with Gasteiger partial charge in [-0.3, -0.25) is 9.52 Å². The second kappa shape index (κ2) is 9.77. The van der Waals surface area contributed by atoms with Crippen LogP contribution in [0.2, 0.25) is 0 Å². The lowest BCUT2D eigenvalue weighted by molar-refractivity contribution is -0.118. The normalized spacial score (nSPS) is 11.0. The van der Waals surface area contributed by atoms with Gasteiger partial charge in [-0.15, -0.1) is 0 Å². The van der Waals surface area contributed by atoms with E-state index in [2.05, 4.69) is 32.9 Å². The number of aryl methyl sites for hydroxylation is 1. The van der Waals surface area contributed by atoms with Gasteiger partial charge >= 0.3 is 0 Å². The molecule has 30 heavy (non-hydrogen) atoms. The number of anilines is 2. The highest BCUT2D eigenvalue weighted by molar-refractivity contribution is 9.10. The molecule has 6 nitrogen and oxygen atoms in total. The zero-order valence-electron chi connectivity index (χ0n) is 16.3. The lowest BCUT2D eigenvalue weighted by Gasteiger charge is -2.11. The molecule has 0 spiro atoms. The van der Waals surface area contributed by atoms with E-state index in [1.54, 1.807) is 30.3 Å². The fourth-order valence-electron chi connectivity index (χ4n) is 2.66. The molecule has 1 amide bonds.